The topological polar surface area (TPSA) is 93.1 Å². The lowest BCUT2D eigenvalue weighted by atomic mass is 9.46. The van der Waals surface area contributed by atoms with Crippen LogP contribution in [-0.2, 0) is 19.1 Å². The van der Waals surface area contributed by atoms with Gasteiger partial charge in [-0.3, -0.25) is 4.79 Å². The average Bonchev–Trinajstić information content (AvgIpc) is 3.15. The molecule has 0 aromatic heterocycles. The number of fused-ring (bicyclic) bond motifs is 5. The summed E-state index contributed by atoms with van der Waals surface area (Å²) in [6.07, 6.45) is 7.81. The van der Waals surface area contributed by atoms with Crippen molar-refractivity contribution < 1.29 is 29.3 Å². The molecule has 4 aliphatic carbocycles. The van der Waals surface area contributed by atoms with Gasteiger partial charge in [-0.15, -0.1) is 0 Å². The molecule has 0 amide bonds. The van der Waals surface area contributed by atoms with E-state index in [0.29, 0.717) is 36.2 Å². The predicted octanol–water partition coefficient (Wildman–Crippen LogP) is 4.87. The molecular weight excluding hydrogens is 456 g/mol. The molecule has 1 aliphatic heterocycles. The van der Waals surface area contributed by atoms with E-state index in [1.165, 1.54) is 12.5 Å². The number of carbonyl (C=O) groups is 2. The van der Waals surface area contributed by atoms with Crippen LogP contribution in [0.2, 0.25) is 0 Å². The lowest BCUT2D eigenvalue weighted by molar-refractivity contribution is -0.183. The Bertz CT molecular complexity index is 1010. The number of hydrogen-bond acceptors (Lipinski definition) is 6. The minimum absolute atomic E-state index is 0.0389. The number of allylic oxidation sites excluding steroid dienone is 1. The van der Waals surface area contributed by atoms with Gasteiger partial charge < -0.3 is 19.7 Å². The highest BCUT2D eigenvalue weighted by Crippen LogP contribution is 2.68. The number of aliphatic hydroxyl groups excluding tert-OH is 1. The molecule has 10 atom stereocenters. The second-order valence-electron chi connectivity index (χ2n) is 13.2. The molecule has 200 valence electrons. The molecule has 36 heavy (non-hydrogen) atoms. The molecule has 1 heterocycles. The molecule has 0 spiro atoms. The molecule has 6 nitrogen and oxygen atoms in total. The van der Waals surface area contributed by atoms with E-state index in [0.717, 1.165) is 44.1 Å². The van der Waals surface area contributed by atoms with Crippen molar-refractivity contribution in [1.29, 1.82) is 0 Å². The summed E-state index contributed by atoms with van der Waals surface area (Å²) in [6.45, 7) is 11.7. The Morgan fingerprint density at radius 3 is 2.56 bits per heavy atom. The van der Waals surface area contributed by atoms with Gasteiger partial charge in [0.2, 0.25) is 0 Å². The van der Waals surface area contributed by atoms with Gasteiger partial charge in [-0.05, 0) is 82.0 Å². The normalized spacial score (nSPS) is 46.1. The van der Waals surface area contributed by atoms with Gasteiger partial charge in [0.05, 0.1) is 6.10 Å². The zero-order valence-electron chi connectivity index (χ0n) is 22.8. The van der Waals surface area contributed by atoms with Gasteiger partial charge in [0.15, 0.2) is 0 Å². The number of carbonyl (C=O) groups excluding carboxylic acids is 2. The first-order valence-corrected chi connectivity index (χ1v) is 13.9. The van der Waals surface area contributed by atoms with E-state index < -0.39 is 17.8 Å². The second kappa shape index (κ2) is 8.69. The van der Waals surface area contributed by atoms with Gasteiger partial charge in [0.25, 0.3) is 0 Å². The molecule has 0 bridgehead atoms. The van der Waals surface area contributed by atoms with Gasteiger partial charge in [-0.25, -0.2) is 4.79 Å². The minimum Gasteiger partial charge on any atom is -0.462 e. The highest BCUT2D eigenvalue weighted by molar-refractivity contribution is 5.89. The largest absolute Gasteiger partial charge is 0.462 e. The van der Waals surface area contributed by atoms with Crippen molar-refractivity contribution in [3.8, 4) is 0 Å². The third-order valence-electron chi connectivity index (χ3n) is 11.5. The first kappa shape index (κ1) is 26.0. The molecule has 0 radical (unpaired) electrons. The summed E-state index contributed by atoms with van der Waals surface area (Å²) in [6, 6.07) is 0. The number of rotatable bonds is 3. The van der Waals surface area contributed by atoms with Crippen LogP contribution in [0.4, 0.5) is 0 Å². The summed E-state index contributed by atoms with van der Waals surface area (Å²) >= 11 is 0. The number of hydrogen-bond donors (Lipinski definition) is 2. The van der Waals surface area contributed by atoms with Crippen molar-refractivity contribution in [3.05, 3.63) is 22.8 Å². The van der Waals surface area contributed by atoms with Gasteiger partial charge in [-0.1, -0.05) is 31.1 Å². The van der Waals surface area contributed by atoms with Crippen molar-refractivity contribution in [3.63, 3.8) is 0 Å². The molecule has 0 aromatic carbocycles. The van der Waals surface area contributed by atoms with E-state index in [2.05, 4.69) is 19.9 Å². The van der Waals surface area contributed by atoms with Crippen LogP contribution in [0.3, 0.4) is 0 Å². The third kappa shape index (κ3) is 3.73. The molecule has 0 aromatic rings. The Morgan fingerprint density at radius 2 is 1.89 bits per heavy atom. The van der Waals surface area contributed by atoms with Crippen molar-refractivity contribution in [1.82, 2.24) is 0 Å². The maximum Gasteiger partial charge on any atom is 0.334 e. The lowest BCUT2D eigenvalue weighted by Gasteiger charge is -2.60. The van der Waals surface area contributed by atoms with E-state index in [1.54, 1.807) is 6.92 Å². The van der Waals surface area contributed by atoms with Gasteiger partial charge in [0.1, 0.15) is 17.8 Å². The molecule has 3 fully saturated rings. The van der Waals surface area contributed by atoms with Crippen LogP contribution in [0.25, 0.3) is 0 Å². The summed E-state index contributed by atoms with van der Waals surface area (Å²) in [5.41, 5.74) is 1.51. The Labute approximate surface area is 215 Å². The van der Waals surface area contributed by atoms with Crippen LogP contribution in [-0.4, -0.2) is 46.1 Å². The highest BCUT2D eigenvalue weighted by Gasteiger charge is 2.64. The monoisotopic (exact) mass is 500 g/mol. The summed E-state index contributed by atoms with van der Waals surface area (Å²) in [5.74, 6) is 0.765. The first-order chi connectivity index (χ1) is 16.8. The lowest BCUT2D eigenvalue weighted by Crippen LogP contribution is -2.58. The van der Waals surface area contributed by atoms with Crippen molar-refractivity contribution in [2.24, 2.45) is 34.5 Å². The van der Waals surface area contributed by atoms with E-state index in [4.69, 9.17) is 9.47 Å². The molecule has 0 saturated heterocycles. The zero-order valence-corrected chi connectivity index (χ0v) is 22.8. The first-order valence-electron chi connectivity index (χ1n) is 13.9. The zero-order chi connectivity index (χ0) is 26.2. The molecule has 5 aliphatic rings. The number of ether oxygens (including phenoxy) is 2. The average molecular weight is 501 g/mol. The summed E-state index contributed by atoms with van der Waals surface area (Å²) in [5, 5.41) is 23.3. The fraction of sp³-hybridized carbons (Fsp3) is 0.800. The Hall–Kier alpha value is -1.66. The molecule has 5 rings (SSSR count). The Morgan fingerprint density at radius 1 is 1.17 bits per heavy atom. The van der Waals surface area contributed by atoms with E-state index in [9.17, 15) is 19.8 Å². The SMILES string of the molecule is CC(=O)OC1CC2=CCC3C4CCC(C(C)(O)C5CC(C)=C(C)C(=O)O5)C4(C)CCC3C2(C)C(O)C1. The van der Waals surface area contributed by atoms with Crippen LogP contribution in [0.5, 0.6) is 0 Å². The van der Waals surface area contributed by atoms with E-state index >= 15 is 0 Å². The van der Waals surface area contributed by atoms with Gasteiger partial charge in [-0.2, -0.15) is 0 Å². The van der Waals surface area contributed by atoms with Crippen molar-refractivity contribution in [2.75, 3.05) is 0 Å². The van der Waals surface area contributed by atoms with Crippen LogP contribution >= 0.6 is 0 Å². The fourth-order valence-corrected chi connectivity index (χ4v) is 9.38. The Kier molecular flexibility index (Phi) is 6.27. The van der Waals surface area contributed by atoms with Crippen LogP contribution < -0.4 is 0 Å². The van der Waals surface area contributed by atoms with Crippen LogP contribution in [0.15, 0.2) is 22.8 Å². The molecule has 6 heteroatoms. The number of aliphatic hydroxyl groups is 2. The van der Waals surface area contributed by atoms with E-state index in [1.807, 2.05) is 13.8 Å². The molecule has 3 saturated carbocycles. The van der Waals surface area contributed by atoms with Crippen molar-refractivity contribution in [2.45, 2.75) is 117 Å². The second-order valence-corrected chi connectivity index (χ2v) is 13.2. The van der Waals surface area contributed by atoms with E-state index in [-0.39, 0.29) is 34.8 Å². The van der Waals surface area contributed by atoms with Crippen LogP contribution in [0, 0.1) is 34.5 Å². The highest BCUT2D eigenvalue weighted by atomic mass is 16.6. The molecular formula is C30H44O6. The minimum atomic E-state index is -1.09. The maximum atomic E-state index is 12.5. The fourth-order valence-electron chi connectivity index (χ4n) is 9.38. The maximum absolute atomic E-state index is 12.5. The van der Waals surface area contributed by atoms with Gasteiger partial charge in [0, 0.05) is 37.2 Å². The predicted molar refractivity (Wildman–Crippen MR) is 136 cm³/mol. The van der Waals surface area contributed by atoms with Crippen molar-refractivity contribution >= 4 is 11.9 Å². The Balaban J connectivity index is 1.40. The van der Waals surface area contributed by atoms with Crippen LogP contribution in [0.1, 0.15) is 92.9 Å². The summed E-state index contributed by atoms with van der Waals surface area (Å²) in [4.78, 5) is 24.0. The van der Waals surface area contributed by atoms with Gasteiger partial charge >= 0.3 is 11.9 Å². The summed E-state index contributed by atoms with van der Waals surface area (Å²) < 4.78 is 11.3. The quantitative estimate of drug-likeness (QED) is 0.424. The smallest absolute Gasteiger partial charge is 0.334 e. The molecule has 10 unspecified atom stereocenters. The number of esters is 2. The third-order valence-corrected chi connectivity index (χ3v) is 11.5. The standard InChI is InChI=1S/C30H44O6/c1-16-13-26(36-27(33)17(16)2)30(6,34)24-10-9-22-21-8-7-19-14-20(35-18(3)31)15-25(32)29(19,5)23(21)11-12-28(22,24)4/h7,20-26,32,34H,8-15H2,1-6H3. The molecule has 2 N–H and O–H groups in total. The number of cyclic esters (lactones) is 1. The summed E-state index contributed by atoms with van der Waals surface area (Å²) in [7, 11) is 0.